The minimum Gasteiger partial charge on any atom is -0.306 e. The number of hydrogen-bond donors (Lipinski definition) is 1. The zero-order valence-electron chi connectivity index (χ0n) is 10.7. The van der Waals surface area contributed by atoms with Gasteiger partial charge in [-0.25, -0.2) is 13.8 Å². The lowest BCUT2D eigenvalue weighted by Gasteiger charge is -2.07. The molecule has 2 aromatic carbocycles. The number of aldehydes is 1. The second-order valence-corrected chi connectivity index (χ2v) is 4.44. The number of para-hydroxylation sites is 1. The molecule has 1 aromatic heterocycles. The van der Waals surface area contributed by atoms with Crippen LogP contribution in [0.25, 0.3) is 16.6 Å². The van der Waals surface area contributed by atoms with Crippen LogP contribution in [0, 0.1) is 5.82 Å². The van der Waals surface area contributed by atoms with Crippen molar-refractivity contribution in [3.8, 4) is 5.69 Å². The number of H-pyrrole nitrogens is 1. The van der Waals surface area contributed by atoms with Crippen molar-refractivity contribution < 1.29 is 9.18 Å². The second-order valence-electron chi connectivity index (χ2n) is 4.44. The lowest BCUT2D eigenvalue weighted by atomic mass is 10.1. The normalized spacial score (nSPS) is 10.7. The monoisotopic (exact) mass is 284 g/mol. The van der Waals surface area contributed by atoms with Gasteiger partial charge >= 0.3 is 5.69 Å². The summed E-state index contributed by atoms with van der Waals surface area (Å²) in [6.45, 7) is 0. The molecular weight excluding hydrogens is 275 g/mol. The van der Waals surface area contributed by atoms with Crippen LogP contribution in [0.4, 0.5) is 4.39 Å². The van der Waals surface area contributed by atoms with E-state index in [0.717, 1.165) is 4.57 Å². The van der Waals surface area contributed by atoms with Gasteiger partial charge in [0.2, 0.25) is 0 Å². The number of rotatable bonds is 2. The number of benzene rings is 2. The van der Waals surface area contributed by atoms with E-state index in [1.54, 1.807) is 0 Å². The summed E-state index contributed by atoms with van der Waals surface area (Å²) < 4.78 is 14.5. The third-order valence-electron chi connectivity index (χ3n) is 3.15. The van der Waals surface area contributed by atoms with E-state index < -0.39 is 17.1 Å². The van der Waals surface area contributed by atoms with Crippen LogP contribution in [-0.2, 0) is 0 Å². The number of nitrogens with one attached hydrogen (secondary N) is 1. The molecule has 0 radical (unpaired) electrons. The molecule has 0 fully saturated rings. The molecule has 3 aromatic rings. The highest BCUT2D eigenvalue weighted by Gasteiger charge is 2.12. The molecule has 104 valence electrons. The van der Waals surface area contributed by atoms with E-state index >= 15 is 0 Å². The summed E-state index contributed by atoms with van der Waals surface area (Å²) >= 11 is 0. The Kier molecular flexibility index (Phi) is 2.98. The molecule has 0 bridgehead atoms. The molecule has 0 saturated carbocycles. The Hall–Kier alpha value is -3.02. The van der Waals surface area contributed by atoms with E-state index in [4.69, 9.17) is 0 Å². The van der Waals surface area contributed by atoms with Crippen molar-refractivity contribution in [2.24, 2.45) is 0 Å². The third kappa shape index (κ3) is 2.06. The van der Waals surface area contributed by atoms with Crippen molar-refractivity contribution in [1.82, 2.24) is 9.55 Å². The van der Waals surface area contributed by atoms with Gasteiger partial charge in [-0.3, -0.25) is 9.59 Å². The Morgan fingerprint density at radius 2 is 1.86 bits per heavy atom. The van der Waals surface area contributed by atoms with Gasteiger partial charge in [-0.05, 0) is 24.3 Å². The molecule has 0 atom stereocenters. The van der Waals surface area contributed by atoms with E-state index in [0.29, 0.717) is 11.8 Å². The van der Waals surface area contributed by atoms with E-state index in [1.165, 1.54) is 42.5 Å². The molecule has 21 heavy (non-hydrogen) atoms. The number of hydrogen-bond acceptors (Lipinski definition) is 3. The quantitative estimate of drug-likeness (QED) is 0.727. The fourth-order valence-corrected chi connectivity index (χ4v) is 2.16. The summed E-state index contributed by atoms with van der Waals surface area (Å²) in [6.07, 6.45) is 0.611. The molecular formula is C15H9FN2O3. The van der Waals surface area contributed by atoms with Gasteiger partial charge in [-0.15, -0.1) is 0 Å². The van der Waals surface area contributed by atoms with E-state index in [-0.39, 0.29) is 16.6 Å². The van der Waals surface area contributed by atoms with Crippen molar-refractivity contribution in [2.45, 2.75) is 0 Å². The third-order valence-corrected chi connectivity index (χ3v) is 3.15. The van der Waals surface area contributed by atoms with Crippen molar-refractivity contribution in [3.63, 3.8) is 0 Å². The average molecular weight is 284 g/mol. The topological polar surface area (TPSA) is 71.9 Å². The smallest absolute Gasteiger partial charge is 0.306 e. The molecule has 1 heterocycles. The lowest BCUT2D eigenvalue weighted by Crippen LogP contribution is -2.34. The highest BCUT2D eigenvalue weighted by molar-refractivity contribution is 5.85. The first kappa shape index (κ1) is 13.0. The predicted molar refractivity (Wildman–Crippen MR) is 75.5 cm³/mol. The fourth-order valence-electron chi connectivity index (χ4n) is 2.16. The first-order valence-electron chi connectivity index (χ1n) is 6.11. The van der Waals surface area contributed by atoms with E-state index in [9.17, 15) is 18.8 Å². The minimum atomic E-state index is -0.763. The minimum absolute atomic E-state index is 0.120. The zero-order valence-corrected chi connectivity index (χ0v) is 10.7. The van der Waals surface area contributed by atoms with Crippen molar-refractivity contribution in [2.75, 3.05) is 0 Å². The summed E-state index contributed by atoms with van der Waals surface area (Å²) in [7, 11) is 0. The maximum atomic E-state index is 13.8. The van der Waals surface area contributed by atoms with Gasteiger partial charge in [0, 0.05) is 5.56 Å². The first-order chi connectivity index (χ1) is 10.1. The zero-order chi connectivity index (χ0) is 15.0. The van der Waals surface area contributed by atoms with Crippen molar-refractivity contribution >= 4 is 17.2 Å². The van der Waals surface area contributed by atoms with Crippen LogP contribution < -0.4 is 11.2 Å². The van der Waals surface area contributed by atoms with Crippen molar-refractivity contribution in [3.05, 3.63) is 74.7 Å². The van der Waals surface area contributed by atoms with E-state index in [1.807, 2.05) is 0 Å². The van der Waals surface area contributed by atoms with Crippen molar-refractivity contribution in [1.29, 1.82) is 0 Å². The Morgan fingerprint density at radius 3 is 2.57 bits per heavy atom. The van der Waals surface area contributed by atoms with Crippen LogP contribution in [-0.4, -0.2) is 15.8 Å². The summed E-state index contributed by atoms with van der Waals surface area (Å²) in [5.41, 5.74) is -0.953. The lowest BCUT2D eigenvalue weighted by molar-refractivity contribution is 0.112. The van der Waals surface area contributed by atoms with E-state index in [2.05, 4.69) is 4.98 Å². The van der Waals surface area contributed by atoms with Crippen LogP contribution in [0.1, 0.15) is 10.4 Å². The molecule has 0 aliphatic rings. The molecule has 1 N–H and O–H groups in total. The summed E-state index contributed by atoms with van der Waals surface area (Å²) in [6, 6.07) is 9.80. The average Bonchev–Trinajstić information content (AvgIpc) is 2.48. The van der Waals surface area contributed by atoms with Crippen LogP contribution in [0.3, 0.4) is 0 Å². The van der Waals surface area contributed by atoms with Gasteiger partial charge in [-0.1, -0.05) is 18.2 Å². The number of aromatic nitrogens is 2. The van der Waals surface area contributed by atoms with Gasteiger partial charge in [0.15, 0.2) is 0 Å². The Bertz CT molecular complexity index is 973. The molecule has 6 heteroatoms. The highest BCUT2D eigenvalue weighted by atomic mass is 19.1. The second kappa shape index (κ2) is 4.82. The van der Waals surface area contributed by atoms with Gasteiger partial charge in [0.25, 0.3) is 5.56 Å². The number of halogens is 1. The highest BCUT2D eigenvalue weighted by Crippen LogP contribution is 2.11. The molecule has 0 amide bonds. The Labute approximate surface area is 117 Å². The molecule has 5 nitrogen and oxygen atoms in total. The SMILES string of the molecule is O=Cc1ccc2c(=O)n(-c3ccccc3F)c(=O)[nH]c2c1. The molecule has 0 aliphatic heterocycles. The van der Waals surface area contributed by atoms with Gasteiger partial charge < -0.3 is 4.98 Å². The maximum Gasteiger partial charge on any atom is 0.333 e. The molecule has 3 rings (SSSR count). The molecule has 0 spiro atoms. The van der Waals surface area contributed by atoms with Crippen LogP contribution >= 0.6 is 0 Å². The number of carbonyl (C=O) groups excluding carboxylic acids is 1. The van der Waals surface area contributed by atoms with Crippen LogP contribution in [0.15, 0.2) is 52.1 Å². The van der Waals surface area contributed by atoms with Gasteiger partial charge in [0.1, 0.15) is 12.1 Å². The molecule has 0 saturated heterocycles. The van der Waals surface area contributed by atoms with Gasteiger partial charge in [0.05, 0.1) is 16.6 Å². The first-order valence-corrected chi connectivity index (χ1v) is 6.11. The summed E-state index contributed by atoms with van der Waals surface area (Å²) in [4.78, 5) is 37.7. The molecule has 0 aliphatic carbocycles. The predicted octanol–water partition coefficient (Wildman–Crippen LogP) is 1.63. The summed E-state index contributed by atoms with van der Waals surface area (Å²) in [5.74, 6) is -0.672. The Balaban J connectivity index is 2.41. The van der Waals surface area contributed by atoms with Crippen LogP contribution in [0.5, 0.6) is 0 Å². The fraction of sp³-hybridized carbons (Fsp3) is 0. The molecule has 0 unspecified atom stereocenters. The standard InChI is InChI=1S/C15H9FN2O3/c16-11-3-1-2-4-13(11)18-14(20)10-6-5-9(8-19)7-12(10)17-15(18)21/h1-8H,(H,17,21). The number of carbonyl (C=O) groups is 1. The number of aromatic amines is 1. The number of fused-ring (bicyclic) bond motifs is 1. The maximum absolute atomic E-state index is 13.8. The largest absolute Gasteiger partial charge is 0.333 e. The van der Waals surface area contributed by atoms with Gasteiger partial charge in [-0.2, -0.15) is 0 Å². The number of nitrogens with zero attached hydrogens (tertiary/aromatic N) is 1. The summed E-state index contributed by atoms with van der Waals surface area (Å²) in [5, 5.41) is 0.198. The van der Waals surface area contributed by atoms with Crippen LogP contribution in [0.2, 0.25) is 0 Å². The Morgan fingerprint density at radius 1 is 1.10 bits per heavy atom.